The fourth-order valence-corrected chi connectivity index (χ4v) is 3.37. The maximum absolute atomic E-state index is 12.6. The van der Waals surface area contributed by atoms with Crippen molar-refractivity contribution in [2.45, 2.75) is 6.42 Å². The third-order valence-electron chi connectivity index (χ3n) is 4.88. The smallest absolute Gasteiger partial charge is 0.334 e. The summed E-state index contributed by atoms with van der Waals surface area (Å²) in [7, 11) is 2.55. The highest BCUT2D eigenvalue weighted by Crippen LogP contribution is 2.35. The average molecular weight is 412 g/mol. The molecule has 1 atom stereocenters. The Labute approximate surface area is 172 Å². The standard InChI is InChI=1S/C22H20O8/c1-25-21(23)15(7-13-3-5-17-19(9-13)29-11-27-17)16(22(24)26-2)8-14-4-6-18-20(10-14)30-12-28-18/h3-7,9-10,16H,8,11-12H2,1-2H3/b15-7+. The first kappa shape index (κ1) is 19.6. The number of hydrogen-bond acceptors (Lipinski definition) is 8. The minimum atomic E-state index is -0.881. The van der Waals surface area contributed by atoms with Crippen LogP contribution in [0.1, 0.15) is 11.1 Å². The molecule has 0 saturated heterocycles. The number of hydrogen-bond donors (Lipinski definition) is 0. The first-order chi connectivity index (χ1) is 14.6. The molecule has 8 heteroatoms. The van der Waals surface area contributed by atoms with E-state index in [1.54, 1.807) is 36.4 Å². The molecule has 2 aliphatic heterocycles. The van der Waals surface area contributed by atoms with Crippen LogP contribution in [0.3, 0.4) is 0 Å². The largest absolute Gasteiger partial charge is 0.469 e. The molecule has 30 heavy (non-hydrogen) atoms. The van der Waals surface area contributed by atoms with Gasteiger partial charge in [-0.1, -0.05) is 12.1 Å². The van der Waals surface area contributed by atoms with E-state index >= 15 is 0 Å². The molecule has 4 rings (SSSR count). The van der Waals surface area contributed by atoms with Crippen molar-refractivity contribution in [2.24, 2.45) is 5.92 Å². The Morgan fingerprint density at radius 3 is 2.20 bits per heavy atom. The highest BCUT2D eigenvalue weighted by Gasteiger charge is 2.30. The molecular weight excluding hydrogens is 392 g/mol. The number of benzene rings is 2. The molecule has 1 unspecified atom stereocenters. The summed E-state index contributed by atoms with van der Waals surface area (Å²) in [4.78, 5) is 25.2. The van der Waals surface area contributed by atoms with Crippen LogP contribution in [0.5, 0.6) is 23.0 Å². The lowest BCUT2D eigenvalue weighted by atomic mass is 9.90. The molecule has 0 aromatic heterocycles. The summed E-state index contributed by atoms with van der Waals surface area (Å²) in [6.45, 7) is 0.290. The Morgan fingerprint density at radius 1 is 0.900 bits per heavy atom. The molecule has 2 aromatic carbocycles. The van der Waals surface area contributed by atoms with E-state index in [-0.39, 0.29) is 25.6 Å². The maximum atomic E-state index is 12.6. The Hall–Kier alpha value is -3.68. The number of fused-ring (bicyclic) bond motifs is 2. The molecule has 2 aromatic rings. The van der Waals surface area contributed by atoms with Crippen LogP contribution in [0.15, 0.2) is 42.0 Å². The number of ether oxygens (including phenoxy) is 6. The molecule has 156 valence electrons. The lowest BCUT2D eigenvalue weighted by molar-refractivity contribution is -0.147. The summed E-state index contributed by atoms with van der Waals surface area (Å²) in [5.74, 6) is 0.366. The average Bonchev–Trinajstić information content (AvgIpc) is 3.43. The molecule has 0 spiro atoms. The molecule has 0 N–H and O–H groups in total. The van der Waals surface area contributed by atoms with Crippen molar-refractivity contribution < 1.29 is 38.0 Å². The zero-order chi connectivity index (χ0) is 21.1. The SMILES string of the molecule is COC(=O)/C(=C/c1ccc2c(c1)OCO2)C(Cc1ccc2c(c1)OCO2)C(=O)OC. The second kappa shape index (κ2) is 8.36. The Kier molecular flexibility index (Phi) is 5.47. The van der Waals surface area contributed by atoms with Gasteiger partial charge in [-0.15, -0.1) is 0 Å². The predicted molar refractivity (Wildman–Crippen MR) is 104 cm³/mol. The Balaban J connectivity index is 1.69. The molecule has 2 aliphatic rings. The topological polar surface area (TPSA) is 89.5 Å². The van der Waals surface area contributed by atoms with Crippen molar-refractivity contribution in [2.75, 3.05) is 27.8 Å². The number of rotatable bonds is 6. The predicted octanol–water partition coefficient (Wildman–Crippen LogP) is 2.73. The van der Waals surface area contributed by atoms with Crippen molar-refractivity contribution >= 4 is 18.0 Å². The molecule has 0 amide bonds. The van der Waals surface area contributed by atoms with Gasteiger partial charge in [0.1, 0.15) is 0 Å². The number of carbonyl (C=O) groups is 2. The zero-order valence-electron chi connectivity index (χ0n) is 16.5. The molecule has 8 nitrogen and oxygen atoms in total. The van der Waals surface area contributed by atoms with Crippen LogP contribution >= 0.6 is 0 Å². The summed E-state index contributed by atoms with van der Waals surface area (Å²) < 4.78 is 31.4. The lowest BCUT2D eigenvalue weighted by Crippen LogP contribution is -2.26. The quantitative estimate of drug-likeness (QED) is 0.529. The van der Waals surface area contributed by atoms with E-state index in [1.807, 2.05) is 6.07 Å². The van der Waals surface area contributed by atoms with Gasteiger partial charge in [0.15, 0.2) is 23.0 Å². The van der Waals surface area contributed by atoms with Crippen LogP contribution in [0.2, 0.25) is 0 Å². The molecule has 0 aliphatic carbocycles. The van der Waals surface area contributed by atoms with E-state index in [0.29, 0.717) is 28.6 Å². The van der Waals surface area contributed by atoms with E-state index in [2.05, 4.69) is 0 Å². The fourth-order valence-electron chi connectivity index (χ4n) is 3.37. The van der Waals surface area contributed by atoms with Crippen LogP contribution in [0.25, 0.3) is 6.08 Å². The summed E-state index contributed by atoms with van der Waals surface area (Å²) in [6, 6.07) is 10.6. The fraction of sp³-hybridized carbons (Fsp3) is 0.273. The highest BCUT2D eigenvalue weighted by atomic mass is 16.7. The van der Waals surface area contributed by atoms with Crippen molar-refractivity contribution in [1.82, 2.24) is 0 Å². The van der Waals surface area contributed by atoms with E-state index in [9.17, 15) is 9.59 Å². The van der Waals surface area contributed by atoms with Crippen molar-refractivity contribution in [1.29, 1.82) is 0 Å². The van der Waals surface area contributed by atoms with E-state index < -0.39 is 17.9 Å². The van der Waals surface area contributed by atoms with E-state index in [4.69, 9.17) is 28.4 Å². The Morgan fingerprint density at radius 2 is 1.53 bits per heavy atom. The maximum Gasteiger partial charge on any atom is 0.334 e. The van der Waals surface area contributed by atoms with Gasteiger partial charge in [0.05, 0.1) is 25.7 Å². The summed E-state index contributed by atoms with van der Waals surface area (Å²) in [5, 5.41) is 0. The zero-order valence-corrected chi connectivity index (χ0v) is 16.5. The van der Waals surface area contributed by atoms with Gasteiger partial charge in [-0.3, -0.25) is 4.79 Å². The monoisotopic (exact) mass is 412 g/mol. The normalized spacial score (nSPS) is 14.9. The van der Waals surface area contributed by atoms with Gasteiger partial charge in [-0.2, -0.15) is 0 Å². The summed E-state index contributed by atoms with van der Waals surface area (Å²) in [5.41, 5.74) is 1.62. The van der Waals surface area contributed by atoms with Crippen LogP contribution in [0.4, 0.5) is 0 Å². The van der Waals surface area contributed by atoms with Gasteiger partial charge in [0.25, 0.3) is 0 Å². The second-order valence-corrected chi connectivity index (χ2v) is 6.67. The van der Waals surface area contributed by atoms with Crippen molar-refractivity contribution in [3.05, 3.63) is 53.1 Å². The lowest BCUT2D eigenvalue weighted by Gasteiger charge is -2.17. The molecule has 0 saturated carbocycles. The van der Waals surface area contributed by atoms with E-state index in [1.165, 1.54) is 14.2 Å². The van der Waals surface area contributed by atoms with Gasteiger partial charge >= 0.3 is 11.9 Å². The first-order valence-electron chi connectivity index (χ1n) is 9.25. The van der Waals surface area contributed by atoms with Crippen LogP contribution in [0, 0.1) is 5.92 Å². The second-order valence-electron chi connectivity index (χ2n) is 6.67. The number of carbonyl (C=O) groups excluding carboxylic acids is 2. The molecule has 0 bridgehead atoms. The van der Waals surface area contributed by atoms with Crippen LogP contribution < -0.4 is 18.9 Å². The van der Waals surface area contributed by atoms with Gasteiger partial charge < -0.3 is 28.4 Å². The Bertz CT molecular complexity index is 1010. The first-order valence-corrected chi connectivity index (χ1v) is 9.25. The van der Waals surface area contributed by atoms with Crippen LogP contribution in [-0.2, 0) is 25.5 Å². The van der Waals surface area contributed by atoms with Crippen LogP contribution in [-0.4, -0.2) is 39.7 Å². The molecular formula is C22H20O8. The third-order valence-corrected chi connectivity index (χ3v) is 4.88. The van der Waals surface area contributed by atoms with Crippen molar-refractivity contribution in [3.8, 4) is 23.0 Å². The minimum absolute atomic E-state index is 0.140. The number of esters is 2. The highest BCUT2D eigenvalue weighted by molar-refractivity contribution is 6.00. The minimum Gasteiger partial charge on any atom is -0.469 e. The van der Waals surface area contributed by atoms with Gasteiger partial charge in [-0.25, -0.2) is 4.79 Å². The van der Waals surface area contributed by atoms with Gasteiger partial charge in [-0.05, 0) is 47.9 Å². The third kappa shape index (κ3) is 3.89. The molecule has 0 radical (unpaired) electrons. The van der Waals surface area contributed by atoms with E-state index in [0.717, 1.165) is 5.56 Å². The molecule has 0 fully saturated rings. The molecule has 2 heterocycles. The van der Waals surface area contributed by atoms with Gasteiger partial charge in [0.2, 0.25) is 13.6 Å². The van der Waals surface area contributed by atoms with Crippen molar-refractivity contribution in [3.63, 3.8) is 0 Å². The van der Waals surface area contributed by atoms with Gasteiger partial charge in [0, 0.05) is 0 Å². The summed E-state index contributed by atoms with van der Waals surface area (Å²) in [6.07, 6.45) is 1.82. The summed E-state index contributed by atoms with van der Waals surface area (Å²) >= 11 is 0. The number of methoxy groups -OCH3 is 2.